The van der Waals surface area contributed by atoms with E-state index in [4.69, 9.17) is 0 Å². The van der Waals surface area contributed by atoms with Gasteiger partial charge in [-0.05, 0) is 25.0 Å². The molecule has 1 aliphatic carbocycles. The van der Waals surface area contributed by atoms with Crippen molar-refractivity contribution in [2.75, 3.05) is 0 Å². The topological polar surface area (TPSA) is 55.1 Å². The Hall–Kier alpha value is -1.84. The van der Waals surface area contributed by atoms with Crippen molar-refractivity contribution in [1.29, 1.82) is 0 Å². The normalized spacial score (nSPS) is 18.5. The molecule has 0 amide bonds. The maximum absolute atomic E-state index is 11.9. The second-order valence-electron chi connectivity index (χ2n) is 6.25. The van der Waals surface area contributed by atoms with Gasteiger partial charge in [0.05, 0.1) is 16.4 Å². The Balaban J connectivity index is 1.97. The molecule has 0 aliphatic heterocycles. The molecule has 0 bridgehead atoms. The van der Waals surface area contributed by atoms with Crippen LogP contribution in [0.3, 0.4) is 0 Å². The molecule has 4 heteroatoms. The van der Waals surface area contributed by atoms with Crippen molar-refractivity contribution in [3.05, 3.63) is 30.1 Å². The van der Waals surface area contributed by atoms with E-state index >= 15 is 0 Å². The molecule has 1 aliphatic rings. The lowest BCUT2D eigenvalue weighted by Gasteiger charge is -2.27. The van der Waals surface area contributed by atoms with E-state index in [0.29, 0.717) is 6.42 Å². The number of aryl methyl sites for hydroxylation is 1. The van der Waals surface area contributed by atoms with E-state index in [1.54, 1.807) is 0 Å². The lowest BCUT2D eigenvalue weighted by Crippen LogP contribution is -2.33. The number of carboxylic acid groups (broad SMARTS) is 1. The molecule has 4 nitrogen and oxygen atoms in total. The van der Waals surface area contributed by atoms with Gasteiger partial charge >= 0.3 is 5.97 Å². The number of nitrogens with zero attached hydrogens (tertiary/aromatic N) is 2. The number of imidazole rings is 1. The predicted octanol–water partition coefficient (Wildman–Crippen LogP) is 3.54. The summed E-state index contributed by atoms with van der Waals surface area (Å²) >= 11 is 0. The number of carboxylic acids is 1. The van der Waals surface area contributed by atoms with Gasteiger partial charge in [-0.25, -0.2) is 4.98 Å². The van der Waals surface area contributed by atoms with Crippen molar-refractivity contribution < 1.29 is 9.90 Å². The third kappa shape index (κ3) is 2.55. The second kappa shape index (κ2) is 5.51. The van der Waals surface area contributed by atoms with Gasteiger partial charge in [-0.2, -0.15) is 0 Å². The lowest BCUT2D eigenvalue weighted by atomic mass is 9.77. The highest BCUT2D eigenvalue weighted by Crippen LogP contribution is 2.38. The number of para-hydroxylation sites is 2. The molecule has 1 heterocycles. The molecule has 3 rings (SSSR count). The van der Waals surface area contributed by atoms with Crippen molar-refractivity contribution in [2.45, 2.75) is 44.9 Å². The van der Waals surface area contributed by atoms with Crippen LogP contribution < -0.4 is 0 Å². The van der Waals surface area contributed by atoms with Gasteiger partial charge in [0, 0.05) is 13.5 Å². The van der Waals surface area contributed by atoms with Crippen LogP contribution in [0.5, 0.6) is 0 Å². The van der Waals surface area contributed by atoms with Crippen molar-refractivity contribution in [2.24, 2.45) is 12.5 Å². The maximum Gasteiger partial charge on any atom is 0.310 e. The summed E-state index contributed by atoms with van der Waals surface area (Å²) < 4.78 is 2.05. The molecule has 0 saturated heterocycles. The summed E-state index contributed by atoms with van der Waals surface area (Å²) in [6, 6.07) is 7.98. The summed E-state index contributed by atoms with van der Waals surface area (Å²) in [6.45, 7) is 0. The van der Waals surface area contributed by atoms with E-state index in [2.05, 4.69) is 4.98 Å². The number of benzene rings is 1. The zero-order valence-corrected chi connectivity index (χ0v) is 12.5. The highest BCUT2D eigenvalue weighted by molar-refractivity contribution is 5.77. The summed E-state index contributed by atoms with van der Waals surface area (Å²) in [5.74, 6) is 0.233. The molecule has 1 aromatic carbocycles. The molecule has 2 aromatic rings. The summed E-state index contributed by atoms with van der Waals surface area (Å²) in [5.41, 5.74) is 1.39. The van der Waals surface area contributed by atoms with E-state index in [0.717, 1.165) is 55.4 Å². The molecule has 0 spiro atoms. The summed E-state index contributed by atoms with van der Waals surface area (Å²) in [4.78, 5) is 16.6. The number of aliphatic carboxylic acids is 1. The van der Waals surface area contributed by atoms with E-state index in [1.165, 1.54) is 0 Å². The minimum atomic E-state index is -0.656. The van der Waals surface area contributed by atoms with E-state index in [9.17, 15) is 9.90 Å². The van der Waals surface area contributed by atoms with Crippen molar-refractivity contribution >= 4 is 17.0 Å². The van der Waals surface area contributed by atoms with Crippen LogP contribution in [0.25, 0.3) is 11.0 Å². The molecule has 0 unspecified atom stereocenters. The van der Waals surface area contributed by atoms with Gasteiger partial charge in [0.2, 0.25) is 0 Å². The molecule has 1 fully saturated rings. The van der Waals surface area contributed by atoms with Crippen LogP contribution in [-0.2, 0) is 18.3 Å². The number of hydrogen-bond acceptors (Lipinski definition) is 2. The molecule has 112 valence electrons. The van der Waals surface area contributed by atoms with Crippen LogP contribution in [-0.4, -0.2) is 20.6 Å². The second-order valence-corrected chi connectivity index (χ2v) is 6.25. The van der Waals surface area contributed by atoms with Gasteiger partial charge < -0.3 is 9.67 Å². The number of rotatable bonds is 3. The molecule has 1 saturated carbocycles. The van der Waals surface area contributed by atoms with Crippen LogP contribution in [0.15, 0.2) is 24.3 Å². The summed E-state index contributed by atoms with van der Waals surface area (Å²) in [5, 5.41) is 9.80. The van der Waals surface area contributed by atoms with Gasteiger partial charge in [0.15, 0.2) is 0 Å². The first-order valence-electron chi connectivity index (χ1n) is 7.76. The third-order valence-corrected chi connectivity index (χ3v) is 4.89. The maximum atomic E-state index is 11.9. The fourth-order valence-electron chi connectivity index (χ4n) is 3.53. The SMILES string of the molecule is Cn1c(CC2(C(=O)O)CCCCCC2)nc2ccccc21. The monoisotopic (exact) mass is 286 g/mol. The Morgan fingerprint density at radius 3 is 2.52 bits per heavy atom. The Morgan fingerprint density at radius 2 is 1.90 bits per heavy atom. The minimum absolute atomic E-state index is 0.535. The lowest BCUT2D eigenvalue weighted by molar-refractivity contribution is -0.150. The van der Waals surface area contributed by atoms with Crippen LogP contribution in [0.2, 0.25) is 0 Å². The summed E-state index contributed by atoms with van der Waals surface area (Å²) in [7, 11) is 1.98. The highest BCUT2D eigenvalue weighted by atomic mass is 16.4. The van der Waals surface area contributed by atoms with E-state index < -0.39 is 11.4 Å². The molecule has 1 N–H and O–H groups in total. The Bertz CT molecular complexity index is 652. The first kappa shape index (κ1) is 14.1. The van der Waals surface area contributed by atoms with Gasteiger partial charge in [-0.1, -0.05) is 37.8 Å². The number of aromatic nitrogens is 2. The quantitative estimate of drug-likeness (QED) is 0.878. The average molecular weight is 286 g/mol. The van der Waals surface area contributed by atoms with Crippen LogP contribution >= 0.6 is 0 Å². The minimum Gasteiger partial charge on any atom is -0.481 e. The fourth-order valence-corrected chi connectivity index (χ4v) is 3.53. The van der Waals surface area contributed by atoms with Gasteiger partial charge in [0.1, 0.15) is 5.82 Å². The van der Waals surface area contributed by atoms with Gasteiger partial charge in [-0.15, -0.1) is 0 Å². The Morgan fingerprint density at radius 1 is 1.24 bits per heavy atom. The molecular weight excluding hydrogens is 264 g/mol. The zero-order valence-electron chi connectivity index (χ0n) is 12.5. The predicted molar refractivity (Wildman–Crippen MR) is 82.2 cm³/mol. The smallest absolute Gasteiger partial charge is 0.310 e. The standard InChI is InChI=1S/C17H22N2O2/c1-19-14-9-5-4-8-13(14)18-15(19)12-17(16(20)21)10-6-2-3-7-11-17/h4-5,8-9H,2-3,6-7,10-12H2,1H3,(H,20,21). The first-order chi connectivity index (χ1) is 10.1. The third-order valence-electron chi connectivity index (χ3n) is 4.89. The van der Waals surface area contributed by atoms with Crippen molar-refractivity contribution in [3.63, 3.8) is 0 Å². The number of hydrogen-bond donors (Lipinski definition) is 1. The Kier molecular flexibility index (Phi) is 3.70. The average Bonchev–Trinajstić information content (AvgIpc) is 2.66. The number of fused-ring (bicyclic) bond motifs is 1. The molecule has 1 aromatic heterocycles. The zero-order chi connectivity index (χ0) is 14.9. The van der Waals surface area contributed by atoms with Crippen LogP contribution in [0, 0.1) is 5.41 Å². The molecule has 21 heavy (non-hydrogen) atoms. The first-order valence-corrected chi connectivity index (χ1v) is 7.76. The molecular formula is C17H22N2O2. The van der Waals surface area contributed by atoms with E-state index in [1.807, 2.05) is 35.9 Å². The van der Waals surface area contributed by atoms with Crippen LogP contribution in [0.1, 0.15) is 44.3 Å². The van der Waals surface area contributed by atoms with Crippen LogP contribution in [0.4, 0.5) is 0 Å². The largest absolute Gasteiger partial charge is 0.481 e. The summed E-state index contributed by atoms with van der Waals surface area (Å²) in [6.07, 6.45) is 6.40. The highest BCUT2D eigenvalue weighted by Gasteiger charge is 2.39. The number of carbonyl (C=O) groups is 1. The van der Waals surface area contributed by atoms with Gasteiger partial charge in [-0.3, -0.25) is 4.79 Å². The Labute approximate surface area is 124 Å². The molecule has 0 atom stereocenters. The van der Waals surface area contributed by atoms with Crippen molar-refractivity contribution in [1.82, 2.24) is 9.55 Å². The van der Waals surface area contributed by atoms with E-state index in [-0.39, 0.29) is 0 Å². The fraction of sp³-hybridized carbons (Fsp3) is 0.529. The van der Waals surface area contributed by atoms with Gasteiger partial charge in [0.25, 0.3) is 0 Å². The molecule has 0 radical (unpaired) electrons. The van der Waals surface area contributed by atoms with Crippen molar-refractivity contribution in [3.8, 4) is 0 Å².